The molecule has 1 saturated heterocycles. The maximum Gasteiger partial charge on any atom is 0.411 e. The van der Waals surface area contributed by atoms with Gasteiger partial charge < -0.3 is 14.2 Å². The summed E-state index contributed by atoms with van der Waals surface area (Å²) in [6, 6.07) is 6.38. The van der Waals surface area contributed by atoms with Gasteiger partial charge in [-0.15, -0.1) is 6.58 Å². The van der Waals surface area contributed by atoms with E-state index >= 15 is 0 Å². The summed E-state index contributed by atoms with van der Waals surface area (Å²) < 4.78 is 44.1. The van der Waals surface area contributed by atoms with Gasteiger partial charge in [0.2, 0.25) is 21.8 Å². The number of nitrogens with zero attached hydrogens (tertiary/aromatic N) is 2. The minimum Gasteiger partial charge on any atom is -0.497 e. The van der Waals surface area contributed by atoms with E-state index in [4.69, 9.17) is 14.2 Å². The van der Waals surface area contributed by atoms with E-state index in [1.54, 1.807) is 53.1 Å². The fraction of sp³-hybridized carbons (Fsp3) is 0.548. The number of ketones is 1. The lowest BCUT2D eigenvalue weighted by Crippen LogP contribution is -2.46. The van der Waals surface area contributed by atoms with Crippen molar-refractivity contribution < 1.29 is 37.0 Å². The summed E-state index contributed by atoms with van der Waals surface area (Å²) in [4.78, 5) is 46.3. The average molecular weight is 614 g/mol. The van der Waals surface area contributed by atoms with E-state index < -0.39 is 49.9 Å². The van der Waals surface area contributed by atoms with Crippen molar-refractivity contribution in [3.63, 3.8) is 0 Å². The van der Waals surface area contributed by atoms with E-state index in [0.717, 1.165) is 10.8 Å². The lowest BCUT2D eigenvalue weighted by atomic mass is 9.91. The number of sulfonamides is 1. The van der Waals surface area contributed by atoms with Gasteiger partial charge in [-0.2, -0.15) is 0 Å². The third kappa shape index (κ3) is 6.07. The normalized spacial score (nSPS) is 26.0. The van der Waals surface area contributed by atoms with Crippen LogP contribution >= 0.6 is 0 Å². The van der Waals surface area contributed by atoms with Gasteiger partial charge in [0, 0.05) is 24.4 Å². The van der Waals surface area contributed by atoms with E-state index in [0.29, 0.717) is 30.9 Å². The molecule has 5 rings (SSSR count). The van der Waals surface area contributed by atoms with Crippen LogP contribution in [0.15, 0.2) is 43.1 Å². The molecule has 2 amide bonds. The zero-order valence-corrected chi connectivity index (χ0v) is 26.0. The van der Waals surface area contributed by atoms with Crippen LogP contribution in [0.3, 0.4) is 0 Å². The fourth-order valence-corrected chi connectivity index (χ4v) is 6.96. The average Bonchev–Trinajstić information content (AvgIpc) is 3.82. The molecule has 0 spiro atoms. The highest BCUT2D eigenvalue weighted by Crippen LogP contribution is 2.57. The van der Waals surface area contributed by atoms with Crippen molar-refractivity contribution in [1.29, 1.82) is 0 Å². The number of Topliss-reactive ketones (excluding diaryl/α,β-unsaturated/α-hetero) is 1. The zero-order chi connectivity index (χ0) is 31.4. The van der Waals surface area contributed by atoms with E-state index in [1.165, 1.54) is 4.90 Å². The Kier molecular flexibility index (Phi) is 7.73. The van der Waals surface area contributed by atoms with Crippen molar-refractivity contribution in [2.24, 2.45) is 11.3 Å². The Labute approximate surface area is 252 Å². The molecule has 11 nitrogen and oxygen atoms in total. The standard InChI is InChI=1S/C31H39N3O8S/c1-7-20-16-31(20,27(36)33-43(38,39)30(5)11-12-30)17-25(35)24-15-22(18-34(24)28(37)42-29(2,3)4)41-26-23-9-8-21(40-6)14-19(23)10-13-32-26/h7-10,13-14,20,22,24H,1,11-12,15-18H2,2-6H3,(H,33,36)/t20-,22-,24+,31-/m1/s1. The second-order valence-electron chi connectivity index (χ2n) is 13.1. The van der Waals surface area contributed by atoms with Gasteiger partial charge in [-0.25, -0.2) is 18.2 Å². The molecular formula is C31H39N3O8S. The molecule has 2 aromatic rings. The van der Waals surface area contributed by atoms with Crippen LogP contribution < -0.4 is 14.2 Å². The number of nitrogens with one attached hydrogen (secondary N) is 1. The molecule has 1 N–H and O–H groups in total. The van der Waals surface area contributed by atoms with E-state index in [1.807, 2.05) is 18.2 Å². The van der Waals surface area contributed by atoms with Crippen molar-refractivity contribution in [2.75, 3.05) is 13.7 Å². The molecule has 2 heterocycles. The lowest BCUT2D eigenvalue weighted by Gasteiger charge is -2.28. The van der Waals surface area contributed by atoms with E-state index in [9.17, 15) is 22.8 Å². The number of aromatic nitrogens is 1. The zero-order valence-electron chi connectivity index (χ0n) is 25.2. The van der Waals surface area contributed by atoms with Crippen LogP contribution in [0.25, 0.3) is 10.8 Å². The van der Waals surface area contributed by atoms with Crippen molar-refractivity contribution in [3.8, 4) is 11.6 Å². The first kappa shape index (κ1) is 30.8. The lowest BCUT2D eigenvalue weighted by molar-refractivity contribution is -0.131. The van der Waals surface area contributed by atoms with Crippen LogP contribution in [0.4, 0.5) is 4.79 Å². The Morgan fingerprint density at radius 2 is 1.93 bits per heavy atom. The predicted octanol–water partition coefficient (Wildman–Crippen LogP) is 4.15. The highest BCUT2D eigenvalue weighted by atomic mass is 32.2. The summed E-state index contributed by atoms with van der Waals surface area (Å²) in [5.74, 6) is -0.405. The molecular weight excluding hydrogens is 574 g/mol. The summed E-state index contributed by atoms with van der Waals surface area (Å²) in [7, 11) is -2.31. The summed E-state index contributed by atoms with van der Waals surface area (Å²) in [6.45, 7) is 10.6. The summed E-state index contributed by atoms with van der Waals surface area (Å²) in [6.07, 6.45) is 3.07. The molecule has 0 unspecified atom stereocenters. The molecule has 0 bridgehead atoms. The molecule has 2 aliphatic carbocycles. The summed E-state index contributed by atoms with van der Waals surface area (Å²) >= 11 is 0. The van der Waals surface area contributed by atoms with Gasteiger partial charge >= 0.3 is 6.09 Å². The third-order valence-electron chi connectivity index (χ3n) is 8.67. The number of carbonyl (C=O) groups is 3. The van der Waals surface area contributed by atoms with Crippen LogP contribution in [-0.2, 0) is 24.3 Å². The molecule has 43 heavy (non-hydrogen) atoms. The van der Waals surface area contributed by atoms with E-state index in [2.05, 4.69) is 16.3 Å². The number of amides is 2. The molecule has 1 aromatic heterocycles. The van der Waals surface area contributed by atoms with Crippen LogP contribution in [0.1, 0.15) is 59.8 Å². The number of ether oxygens (including phenoxy) is 3. The van der Waals surface area contributed by atoms with Gasteiger partial charge in [0.1, 0.15) is 17.5 Å². The quantitative estimate of drug-likeness (QED) is 0.391. The van der Waals surface area contributed by atoms with Gasteiger partial charge in [-0.3, -0.25) is 19.2 Å². The Morgan fingerprint density at radius 3 is 2.53 bits per heavy atom. The first-order valence-electron chi connectivity index (χ1n) is 14.4. The Balaban J connectivity index is 1.37. The van der Waals surface area contributed by atoms with Crippen LogP contribution in [-0.4, -0.2) is 72.2 Å². The Hall–Kier alpha value is -3.67. The summed E-state index contributed by atoms with van der Waals surface area (Å²) in [5.41, 5.74) is -2.05. The minimum atomic E-state index is -3.89. The molecule has 1 aromatic carbocycles. The molecule has 3 fully saturated rings. The number of rotatable bonds is 10. The third-order valence-corrected chi connectivity index (χ3v) is 10.8. The van der Waals surface area contributed by atoms with Gasteiger partial charge in [0.15, 0.2) is 5.78 Å². The molecule has 2 saturated carbocycles. The second kappa shape index (κ2) is 10.8. The van der Waals surface area contributed by atoms with Crippen molar-refractivity contribution in [1.82, 2.24) is 14.6 Å². The number of pyridine rings is 1. The SMILES string of the molecule is C=C[C@@H]1C[C@]1(CC(=O)[C@@H]1C[C@@H](Oc2nccc3cc(OC)ccc23)CN1C(=O)OC(C)(C)C)C(=O)NS(=O)(=O)C1(C)CC1. The first-order chi connectivity index (χ1) is 20.1. The molecule has 4 atom stereocenters. The number of likely N-dealkylation sites (tertiary alicyclic amines) is 1. The molecule has 232 valence electrons. The highest BCUT2D eigenvalue weighted by molar-refractivity contribution is 7.91. The second-order valence-corrected chi connectivity index (χ2v) is 15.3. The number of benzene rings is 1. The number of hydrogen-bond donors (Lipinski definition) is 1. The van der Waals surface area contributed by atoms with Crippen LogP contribution in [0.5, 0.6) is 11.6 Å². The molecule has 0 radical (unpaired) electrons. The number of fused-ring (bicyclic) bond motifs is 1. The Bertz CT molecular complexity index is 1580. The number of hydrogen-bond acceptors (Lipinski definition) is 9. The van der Waals surface area contributed by atoms with Gasteiger partial charge in [-0.1, -0.05) is 6.08 Å². The van der Waals surface area contributed by atoms with Gasteiger partial charge in [0.25, 0.3) is 0 Å². The smallest absolute Gasteiger partial charge is 0.411 e. The Morgan fingerprint density at radius 1 is 1.21 bits per heavy atom. The summed E-state index contributed by atoms with van der Waals surface area (Å²) in [5, 5.41) is 1.60. The fourth-order valence-electron chi connectivity index (χ4n) is 5.62. The monoisotopic (exact) mass is 613 g/mol. The molecule has 3 aliphatic rings. The molecule has 12 heteroatoms. The van der Waals surface area contributed by atoms with Crippen molar-refractivity contribution >= 4 is 38.6 Å². The molecule has 1 aliphatic heterocycles. The first-order valence-corrected chi connectivity index (χ1v) is 15.9. The van der Waals surface area contributed by atoms with Crippen molar-refractivity contribution in [3.05, 3.63) is 43.1 Å². The number of allylic oxidation sites excluding steroid dienone is 1. The van der Waals surface area contributed by atoms with Crippen LogP contribution in [0, 0.1) is 11.3 Å². The van der Waals surface area contributed by atoms with Gasteiger partial charge in [0.05, 0.1) is 29.9 Å². The number of carbonyl (C=O) groups excluding carboxylic acids is 3. The maximum atomic E-state index is 13.9. The maximum absolute atomic E-state index is 13.9. The number of methoxy groups -OCH3 is 1. The van der Waals surface area contributed by atoms with Crippen molar-refractivity contribution in [2.45, 2.75) is 82.3 Å². The minimum absolute atomic E-state index is 0.0658. The highest BCUT2D eigenvalue weighted by Gasteiger charge is 2.62. The van der Waals surface area contributed by atoms with E-state index in [-0.39, 0.29) is 31.1 Å². The topological polar surface area (TPSA) is 141 Å². The van der Waals surface area contributed by atoms with Crippen LogP contribution in [0.2, 0.25) is 0 Å². The largest absolute Gasteiger partial charge is 0.497 e. The predicted molar refractivity (Wildman–Crippen MR) is 159 cm³/mol. The van der Waals surface area contributed by atoms with Gasteiger partial charge in [-0.05, 0) is 82.5 Å².